The van der Waals surface area contributed by atoms with E-state index < -0.39 is 0 Å². The maximum atomic E-state index is 11.9. The second-order valence-corrected chi connectivity index (χ2v) is 4.62. The largest absolute Gasteiger partial charge is 0.354 e. The number of rotatable bonds is 7. The topological polar surface area (TPSA) is 87.3 Å². The molecule has 0 spiro atoms. The Labute approximate surface area is 124 Å². The predicted octanol–water partition coefficient (Wildman–Crippen LogP) is 1.29. The molecule has 0 atom stereocenters. The van der Waals surface area contributed by atoms with Crippen molar-refractivity contribution in [2.24, 2.45) is 0 Å². The van der Waals surface area contributed by atoms with Crippen molar-refractivity contribution in [2.75, 3.05) is 18.4 Å². The van der Waals surface area contributed by atoms with Crippen LogP contribution >= 0.6 is 0 Å². The summed E-state index contributed by atoms with van der Waals surface area (Å²) >= 11 is 0. The first-order chi connectivity index (χ1) is 10.0. The van der Waals surface area contributed by atoms with Crippen LogP contribution in [0.4, 0.5) is 5.69 Å². The van der Waals surface area contributed by atoms with Crippen molar-refractivity contribution >= 4 is 23.4 Å². The van der Waals surface area contributed by atoms with Crippen LogP contribution in [0, 0.1) is 0 Å². The molecule has 0 bridgehead atoms. The van der Waals surface area contributed by atoms with Crippen LogP contribution < -0.4 is 16.0 Å². The molecule has 0 radical (unpaired) electrons. The fourth-order valence-electron chi connectivity index (χ4n) is 1.74. The van der Waals surface area contributed by atoms with E-state index in [0.717, 1.165) is 6.42 Å². The summed E-state index contributed by atoms with van der Waals surface area (Å²) in [4.78, 5) is 34.1. The minimum Gasteiger partial charge on any atom is -0.354 e. The van der Waals surface area contributed by atoms with E-state index in [1.165, 1.54) is 6.92 Å². The lowest BCUT2D eigenvalue weighted by Gasteiger charge is -2.08. The van der Waals surface area contributed by atoms with E-state index in [0.29, 0.717) is 30.8 Å². The maximum Gasteiger partial charge on any atom is 0.251 e. The average molecular weight is 291 g/mol. The molecule has 6 nitrogen and oxygen atoms in total. The first-order valence-corrected chi connectivity index (χ1v) is 6.95. The molecule has 0 aliphatic carbocycles. The fourth-order valence-corrected chi connectivity index (χ4v) is 1.74. The second kappa shape index (κ2) is 8.73. The van der Waals surface area contributed by atoms with E-state index in [9.17, 15) is 14.4 Å². The molecule has 0 aromatic heterocycles. The van der Waals surface area contributed by atoms with Crippen molar-refractivity contribution in [3.63, 3.8) is 0 Å². The van der Waals surface area contributed by atoms with E-state index >= 15 is 0 Å². The van der Waals surface area contributed by atoms with Gasteiger partial charge in [-0.1, -0.05) is 13.0 Å². The molecule has 0 heterocycles. The van der Waals surface area contributed by atoms with E-state index in [1.54, 1.807) is 24.3 Å². The number of carbonyl (C=O) groups excluding carboxylic acids is 3. The highest BCUT2D eigenvalue weighted by atomic mass is 16.2. The number of anilines is 1. The quantitative estimate of drug-likeness (QED) is 0.662. The maximum absolute atomic E-state index is 11.9. The normalized spacial score (nSPS) is 9.81. The van der Waals surface area contributed by atoms with Crippen LogP contribution in [0.2, 0.25) is 0 Å². The highest BCUT2D eigenvalue weighted by molar-refractivity contribution is 5.96. The summed E-state index contributed by atoms with van der Waals surface area (Å²) in [5.74, 6) is -0.447. The zero-order chi connectivity index (χ0) is 15.7. The Bertz CT molecular complexity index is 515. The molecule has 1 rings (SSSR count). The summed E-state index contributed by atoms with van der Waals surface area (Å²) in [7, 11) is 0. The van der Waals surface area contributed by atoms with Crippen molar-refractivity contribution in [2.45, 2.75) is 26.7 Å². The Kier molecular flexibility index (Phi) is 6.94. The van der Waals surface area contributed by atoms with Gasteiger partial charge in [0, 0.05) is 37.7 Å². The Balaban J connectivity index is 2.41. The molecular weight excluding hydrogens is 270 g/mol. The lowest BCUT2D eigenvalue weighted by atomic mass is 10.2. The van der Waals surface area contributed by atoms with Gasteiger partial charge in [-0.25, -0.2) is 0 Å². The third-order valence-electron chi connectivity index (χ3n) is 2.65. The molecule has 114 valence electrons. The Hall–Kier alpha value is -2.37. The SMILES string of the molecule is CCCC(=O)NCCNC(=O)c1cccc(NC(C)=O)c1. The van der Waals surface area contributed by atoms with Gasteiger partial charge in [-0.05, 0) is 24.6 Å². The molecule has 0 saturated heterocycles. The smallest absolute Gasteiger partial charge is 0.251 e. The van der Waals surface area contributed by atoms with Gasteiger partial charge in [0.1, 0.15) is 0 Å². The van der Waals surface area contributed by atoms with Gasteiger partial charge >= 0.3 is 0 Å². The number of hydrogen-bond acceptors (Lipinski definition) is 3. The number of nitrogens with one attached hydrogen (secondary N) is 3. The van der Waals surface area contributed by atoms with Crippen LogP contribution in [0.5, 0.6) is 0 Å². The number of hydrogen-bond donors (Lipinski definition) is 3. The highest BCUT2D eigenvalue weighted by Gasteiger charge is 2.06. The molecule has 0 saturated carbocycles. The van der Waals surface area contributed by atoms with Gasteiger partial charge in [0.25, 0.3) is 5.91 Å². The summed E-state index contributed by atoms with van der Waals surface area (Å²) in [6.07, 6.45) is 1.29. The monoisotopic (exact) mass is 291 g/mol. The zero-order valence-electron chi connectivity index (χ0n) is 12.4. The van der Waals surface area contributed by atoms with Crippen LogP contribution in [0.15, 0.2) is 24.3 Å². The van der Waals surface area contributed by atoms with Crippen molar-refractivity contribution in [3.8, 4) is 0 Å². The first-order valence-electron chi connectivity index (χ1n) is 6.95. The molecule has 0 aliphatic rings. The lowest BCUT2D eigenvalue weighted by Crippen LogP contribution is -2.34. The molecule has 3 amide bonds. The summed E-state index contributed by atoms with van der Waals surface area (Å²) in [6, 6.07) is 6.68. The van der Waals surface area contributed by atoms with Gasteiger partial charge < -0.3 is 16.0 Å². The van der Waals surface area contributed by atoms with E-state index in [4.69, 9.17) is 0 Å². The van der Waals surface area contributed by atoms with Gasteiger partial charge in [-0.2, -0.15) is 0 Å². The minimum absolute atomic E-state index is 0.0144. The van der Waals surface area contributed by atoms with Crippen LogP contribution in [0.25, 0.3) is 0 Å². The zero-order valence-corrected chi connectivity index (χ0v) is 12.4. The summed E-state index contributed by atoms with van der Waals surface area (Å²) in [6.45, 7) is 4.10. The van der Waals surface area contributed by atoms with Gasteiger partial charge in [-0.15, -0.1) is 0 Å². The molecule has 21 heavy (non-hydrogen) atoms. The molecule has 1 aromatic rings. The molecule has 0 aliphatic heterocycles. The highest BCUT2D eigenvalue weighted by Crippen LogP contribution is 2.10. The number of amides is 3. The number of benzene rings is 1. The first kappa shape index (κ1) is 16.7. The Morgan fingerprint density at radius 2 is 1.81 bits per heavy atom. The van der Waals surface area contributed by atoms with E-state index in [1.807, 2.05) is 6.92 Å². The minimum atomic E-state index is -0.244. The third kappa shape index (κ3) is 6.56. The number of carbonyl (C=O) groups is 3. The standard InChI is InChI=1S/C15H21N3O3/c1-3-5-14(20)16-8-9-17-15(21)12-6-4-7-13(10-12)18-11(2)19/h4,6-7,10H,3,5,8-9H2,1-2H3,(H,16,20)(H,17,21)(H,18,19). The molecule has 1 aromatic carbocycles. The molecule has 0 fully saturated rings. The summed E-state index contributed by atoms with van der Waals surface area (Å²) < 4.78 is 0. The van der Waals surface area contributed by atoms with Crippen molar-refractivity contribution < 1.29 is 14.4 Å². The molecule has 0 unspecified atom stereocenters. The second-order valence-electron chi connectivity index (χ2n) is 4.62. The van der Waals surface area contributed by atoms with Gasteiger partial charge in [0.2, 0.25) is 11.8 Å². The third-order valence-corrected chi connectivity index (χ3v) is 2.65. The average Bonchev–Trinajstić information content (AvgIpc) is 2.43. The van der Waals surface area contributed by atoms with Gasteiger partial charge in [0.15, 0.2) is 0 Å². The van der Waals surface area contributed by atoms with Crippen LogP contribution in [0.1, 0.15) is 37.0 Å². The van der Waals surface area contributed by atoms with Crippen LogP contribution in [0.3, 0.4) is 0 Å². The van der Waals surface area contributed by atoms with Crippen molar-refractivity contribution in [3.05, 3.63) is 29.8 Å². The predicted molar refractivity (Wildman–Crippen MR) is 81.0 cm³/mol. The van der Waals surface area contributed by atoms with Gasteiger partial charge in [0.05, 0.1) is 0 Å². The van der Waals surface area contributed by atoms with Crippen molar-refractivity contribution in [1.29, 1.82) is 0 Å². The Morgan fingerprint density at radius 1 is 1.10 bits per heavy atom. The molecular formula is C15H21N3O3. The Morgan fingerprint density at radius 3 is 2.48 bits per heavy atom. The molecule has 3 N–H and O–H groups in total. The van der Waals surface area contributed by atoms with Gasteiger partial charge in [-0.3, -0.25) is 14.4 Å². The van der Waals surface area contributed by atoms with E-state index in [-0.39, 0.29) is 17.7 Å². The summed E-state index contributed by atoms with van der Waals surface area (Å²) in [5, 5.41) is 8.05. The van der Waals surface area contributed by atoms with E-state index in [2.05, 4.69) is 16.0 Å². The fraction of sp³-hybridized carbons (Fsp3) is 0.400. The molecule has 6 heteroatoms. The lowest BCUT2D eigenvalue weighted by molar-refractivity contribution is -0.121. The summed E-state index contributed by atoms with van der Waals surface area (Å²) in [5.41, 5.74) is 1.03. The van der Waals surface area contributed by atoms with Crippen molar-refractivity contribution in [1.82, 2.24) is 10.6 Å². The van der Waals surface area contributed by atoms with Crippen LogP contribution in [-0.2, 0) is 9.59 Å². The van der Waals surface area contributed by atoms with Crippen LogP contribution in [-0.4, -0.2) is 30.8 Å².